The second kappa shape index (κ2) is 11.0. The van der Waals surface area contributed by atoms with Gasteiger partial charge >= 0.3 is 0 Å². The zero-order valence-corrected chi connectivity index (χ0v) is 18.1. The van der Waals surface area contributed by atoms with E-state index >= 15 is 0 Å². The van der Waals surface area contributed by atoms with Crippen LogP contribution >= 0.6 is 24.0 Å². The van der Waals surface area contributed by atoms with Crippen LogP contribution in [0.25, 0.3) is 0 Å². The maximum Gasteiger partial charge on any atom is 0.191 e. The topological polar surface area (TPSA) is 39.7 Å². The van der Waals surface area contributed by atoms with Gasteiger partial charge in [0.2, 0.25) is 0 Å². The minimum Gasteiger partial charge on any atom is -0.364 e. The average Bonchev–Trinajstić information content (AvgIpc) is 3.22. The predicted molar refractivity (Wildman–Crippen MR) is 121 cm³/mol. The van der Waals surface area contributed by atoms with Crippen LogP contribution in [0.3, 0.4) is 0 Å². The fourth-order valence-corrected chi connectivity index (χ4v) is 2.97. The first-order valence-corrected chi connectivity index (χ1v) is 9.03. The molecule has 0 bridgehead atoms. The molecule has 0 spiro atoms. The molecule has 3 rings (SSSR count). The fraction of sp³-hybridized carbons (Fsp3) is 0.286. The molecule has 0 aliphatic carbocycles. The van der Waals surface area contributed by atoms with Crippen molar-refractivity contribution in [1.29, 1.82) is 0 Å². The molecule has 0 radical (unpaired) electrons. The quantitative estimate of drug-likeness (QED) is 0.275. The summed E-state index contributed by atoms with van der Waals surface area (Å²) in [5.41, 5.74) is 2.71. The lowest BCUT2D eigenvalue weighted by atomic mass is 10.1. The molecular formula is C21H25F2IN4. The van der Waals surface area contributed by atoms with E-state index in [1.165, 1.54) is 11.8 Å². The van der Waals surface area contributed by atoms with Crippen LogP contribution in [0, 0.1) is 11.6 Å². The van der Waals surface area contributed by atoms with Gasteiger partial charge in [-0.25, -0.2) is 8.78 Å². The highest BCUT2D eigenvalue weighted by molar-refractivity contribution is 14.0. The van der Waals surface area contributed by atoms with Crippen LogP contribution < -0.4 is 15.5 Å². The molecule has 2 N–H and O–H groups in total. The van der Waals surface area contributed by atoms with Crippen molar-refractivity contribution < 1.29 is 8.78 Å². The van der Waals surface area contributed by atoms with Gasteiger partial charge in [-0.15, -0.1) is 24.0 Å². The lowest BCUT2D eigenvalue weighted by Gasteiger charge is -2.18. The minimum atomic E-state index is -0.429. The van der Waals surface area contributed by atoms with Gasteiger partial charge in [0.1, 0.15) is 11.6 Å². The number of guanidine groups is 1. The third-order valence-electron chi connectivity index (χ3n) is 4.50. The molecule has 0 aromatic heterocycles. The molecule has 7 heteroatoms. The fourth-order valence-electron chi connectivity index (χ4n) is 2.97. The van der Waals surface area contributed by atoms with E-state index < -0.39 is 11.6 Å². The van der Waals surface area contributed by atoms with E-state index in [1.807, 2.05) is 0 Å². The highest BCUT2D eigenvalue weighted by atomic mass is 127. The molecule has 0 fully saturated rings. The van der Waals surface area contributed by atoms with Crippen LogP contribution in [-0.4, -0.2) is 32.6 Å². The first-order chi connectivity index (χ1) is 13.2. The van der Waals surface area contributed by atoms with E-state index in [4.69, 9.17) is 0 Å². The third kappa shape index (κ3) is 6.19. The van der Waals surface area contributed by atoms with Crippen molar-refractivity contribution in [2.75, 3.05) is 31.6 Å². The number of hydrogen-bond acceptors (Lipinski definition) is 2. The Hall–Kier alpha value is -2.16. The van der Waals surface area contributed by atoms with E-state index in [-0.39, 0.29) is 24.0 Å². The van der Waals surface area contributed by atoms with Crippen LogP contribution in [0.5, 0.6) is 0 Å². The molecule has 0 unspecified atom stereocenters. The first-order valence-electron chi connectivity index (χ1n) is 9.03. The Morgan fingerprint density at radius 1 is 1.04 bits per heavy atom. The Morgan fingerprint density at radius 3 is 2.43 bits per heavy atom. The Balaban J connectivity index is 0.00000280. The number of hydrogen-bond donors (Lipinski definition) is 2. The van der Waals surface area contributed by atoms with Gasteiger partial charge in [-0.2, -0.15) is 0 Å². The summed E-state index contributed by atoms with van der Waals surface area (Å²) in [6, 6.07) is 11.9. The van der Waals surface area contributed by atoms with Crippen molar-refractivity contribution in [1.82, 2.24) is 10.6 Å². The Labute approximate surface area is 181 Å². The smallest absolute Gasteiger partial charge is 0.191 e. The molecule has 150 valence electrons. The van der Waals surface area contributed by atoms with Crippen molar-refractivity contribution in [3.63, 3.8) is 0 Å². The number of benzene rings is 2. The summed E-state index contributed by atoms with van der Waals surface area (Å²) in [6.45, 7) is 3.01. The maximum absolute atomic E-state index is 13.6. The second-order valence-electron chi connectivity index (χ2n) is 6.38. The Kier molecular flexibility index (Phi) is 8.69. The lowest BCUT2D eigenvalue weighted by molar-refractivity contribution is 0.583. The second-order valence-corrected chi connectivity index (χ2v) is 6.38. The summed E-state index contributed by atoms with van der Waals surface area (Å²) in [6.07, 6.45) is 4.71. The molecule has 28 heavy (non-hydrogen) atoms. The van der Waals surface area contributed by atoms with Crippen molar-refractivity contribution in [3.8, 4) is 0 Å². The van der Waals surface area contributed by atoms with E-state index in [0.717, 1.165) is 30.8 Å². The highest BCUT2D eigenvalue weighted by Crippen LogP contribution is 2.17. The molecule has 0 saturated heterocycles. The molecule has 1 aliphatic heterocycles. The van der Waals surface area contributed by atoms with Crippen molar-refractivity contribution in [2.24, 2.45) is 4.99 Å². The van der Waals surface area contributed by atoms with Crippen LogP contribution in [-0.2, 0) is 13.0 Å². The predicted octanol–water partition coefficient (Wildman–Crippen LogP) is 3.87. The summed E-state index contributed by atoms with van der Waals surface area (Å²) in [4.78, 5) is 6.46. The van der Waals surface area contributed by atoms with Crippen molar-refractivity contribution in [2.45, 2.75) is 13.0 Å². The molecule has 0 amide bonds. The van der Waals surface area contributed by atoms with Crippen LogP contribution in [0.15, 0.2) is 59.6 Å². The number of aliphatic imine (C=N–C) groups is 1. The number of nitrogens with zero attached hydrogens (tertiary/aromatic N) is 2. The number of anilines is 1. The summed E-state index contributed by atoms with van der Waals surface area (Å²) in [7, 11) is 1.68. The van der Waals surface area contributed by atoms with Gasteiger partial charge in [-0.05, 0) is 47.9 Å². The van der Waals surface area contributed by atoms with Crippen LogP contribution in [0.4, 0.5) is 14.5 Å². The number of nitrogens with one attached hydrogen (secondary N) is 2. The summed E-state index contributed by atoms with van der Waals surface area (Å²) in [5.74, 6) is -0.198. The first kappa shape index (κ1) is 22.1. The SMILES string of the molecule is CN=C(NCCc1cc(F)ccc1F)NCc1ccc(N2CC=CC2)cc1.I. The molecular weight excluding hydrogens is 473 g/mol. The van der Waals surface area contributed by atoms with E-state index in [2.05, 4.69) is 56.9 Å². The lowest BCUT2D eigenvalue weighted by Crippen LogP contribution is -2.37. The standard InChI is InChI=1S/C21H24F2N4.HI/c1-24-21(25-11-10-17-14-18(22)6-9-20(17)23)26-15-16-4-7-19(8-5-16)27-12-2-3-13-27;/h2-9,14H,10-13,15H2,1H3,(H2,24,25,26);1H. The van der Waals surface area contributed by atoms with Gasteiger partial charge in [0.15, 0.2) is 5.96 Å². The highest BCUT2D eigenvalue weighted by Gasteiger charge is 2.07. The Morgan fingerprint density at radius 2 is 1.75 bits per heavy atom. The van der Waals surface area contributed by atoms with Crippen molar-refractivity contribution >= 4 is 35.6 Å². The van der Waals surface area contributed by atoms with Gasteiger partial charge in [0.05, 0.1) is 0 Å². The van der Waals surface area contributed by atoms with Gasteiger partial charge in [0.25, 0.3) is 0 Å². The molecule has 0 saturated carbocycles. The van der Waals surface area contributed by atoms with Gasteiger partial charge in [-0.1, -0.05) is 24.3 Å². The molecule has 1 heterocycles. The summed E-state index contributed by atoms with van der Waals surface area (Å²) in [5, 5.41) is 6.36. The molecule has 0 atom stereocenters. The normalized spacial score (nSPS) is 13.4. The zero-order valence-electron chi connectivity index (χ0n) is 15.8. The van der Waals surface area contributed by atoms with Crippen LogP contribution in [0.2, 0.25) is 0 Å². The molecule has 4 nitrogen and oxygen atoms in total. The third-order valence-corrected chi connectivity index (χ3v) is 4.50. The zero-order chi connectivity index (χ0) is 19.1. The number of halogens is 3. The number of rotatable bonds is 6. The minimum absolute atomic E-state index is 0. The molecule has 1 aliphatic rings. The van der Waals surface area contributed by atoms with E-state index in [0.29, 0.717) is 31.0 Å². The van der Waals surface area contributed by atoms with Gasteiger partial charge in [-0.3, -0.25) is 4.99 Å². The van der Waals surface area contributed by atoms with Gasteiger partial charge < -0.3 is 15.5 Å². The largest absolute Gasteiger partial charge is 0.364 e. The van der Waals surface area contributed by atoms with Gasteiger partial charge in [0, 0.05) is 38.9 Å². The van der Waals surface area contributed by atoms with Crippen LogP contribution in [0.1, 0.15) is 11.1 Å². The summed E-state index contributed by atoms with van der Waals surface area (Å²) < 4.78 is 26.8. The average molecular weight is 498 g/mol. The summed E-state index contributed by atoms with van der Waals surface area (Å²) >= 11 is 0. The van der Waals surface area contributed by atoms with E-state index in [9.17, 15) is 8.78 Å². The van der Waals surface area contributed by atoms with E-state index in [1.54, 1.807) is 7.05 Å². The van der Waals surface area contributed by atoms with Crippen molar-refractivity contribution in [3.05, 3.63) is 77.4 Å². The maximum atomic E-state index is 13.6. The molecule has 2 aromatic carbocycles. The molecule has 2 aromatic rings. The monoisotopic (exact) mass is 498 g/mol. The Bertz CT molecular complexity index is 814.